The molecular weight excluding hydrogens is 200 g/mol. The van der Waals surface area contributed by atoms with Gasteiger partial charge in [-0.05, 0) is 30.5 Å². The summed E-state index contributed by atoms with van der Waals surface area (Å²) in [5.41, 5.74) is 0. The molecule has 1 heteroatoms. The quantitative estimate of drug-likeness (QED) is 0.614. The molecule has 1 rings (SSSR count). The zero-order valence-corrected chi connectivity index (χ0v) is 11.5. The Morgan fingerprint density at radius 1 is 1.27 bits per heavy atom. The molecule has 0 aliphatic carbocycles. The van der Waals surface area contributed by atoms with Crippen LogP contribution in [0.2, 0.25) is 0 Å². The fourth-order valence-electron chi connectivity index (χ4n) is 1.13. The summed E-state index contributed by atoms with van der Waals surface area (Å²) in [6.07, 6.45) is 6.92. The van der Waals surface area contributed by atoms with Gasteiger partial charge in [-0.2, -0.15) is 0 Å². The molecule has 0 saturated heterocycles. The van der Waals surface area contributed by atoms with Gasteiger partial charge >= 0.3 is 0 Å². The van der Waals surface area contributed by atoms with Crippen LogP contribution < -0.4 is 0 Å². The van der Waals surface area contributed by atoms with Crippen molar-refractivity contribution in [2.45, 2.75) is 53.4 Å². The molecule has 0 spiro atoms. The normalized spacial score (nSPS) is 10.5. The number of unbranched alkanes of at least 4 members (excludes halogenated alkanes) is 1. The number of allylic oxidation sites excluding steroid dienone is 1. The van der Waals surface area contributed by atoms with Gasteiger partial charge in [0.25, 0.3) is 0 Å². The number of rotatable bonds is 4. The van der Waals surface area contributed by atoms with Crippen LogP contribution >= 0.6 is 11.3 Å². The first-order chi connectivity index (χ1) is 7.24. The van der Waals surface area contributed by atoms with Crippen molar-refractivity contribution in [2.24, 2.45) is 0 Å². The van der Waals surface area contributed by atoms with Crippen LogP contribution in [0, 0.1) is 0 Å². The summed E-state index contributed by atoms with van der Waals surface area (Å²) in [6, 6.07) is 4.45. The van der Waals surface area contributed by atoms with E-state index in [1.807, 2.05) is 25.2 Å². The standard InChI is InChI=1S/C12H18S.C2H6/c1-4-5-6-7-11-8-9-12(13-11)10(2)3;1-2/h6-10H,4-5H2,1-3H3;1-2H3/b7-6+;. The second-order valence-corrected chi connectivity index (χ2v) is 4.73. The van der Waals surface area contributed by atoms with Crippen molar-refractivity contribution in [3.63, 3.8) is 0 Å². The number of thiophene rings is 1. The maximum Gasteiger partial charge on any atom is 0.0270 e. The van der Waals surface area contributed by atoms with Crippen LogP contribution in [0.3, 0.4) is 0 Å². The molecule has 0 fully saturated rings. The van der Waals surface area contributed by atoms with E-state index in [9.17, 15) is 0 Å². The van der Waals surface area contributed by atoms with Crippen LogP contribution in [0.15, 0.2) is 18.2 Å². The third-order valence-corrected chi connectivity index (χ3v) is 3.31. The SMILES string of the molecule is CC.CCC/C=C/c1ccc(C(C)C)s1. The molecule has 0 atom stereocenters. The minimum absolute atomic E-state index is 0.665. The van der Waals surface area contributed by atoms with Gasteiger partial charge in [-0.3, -0.25) is 0 Å². The largest absolute Gasteiger partial charge is 0.141 e. The average molecular weight is 224 g/mol. The van der Waals surface area contributed by atoms with E-state index in [2.05, 4.69) is 45.1 Å². The van der Waals surface area contributed by atoms with Crippen LogP contribution in [-0.4, -0.2) is 0 Å². The summed E-state index contributed by atoms with van der Waals surface area (Å²) in [4.78, 5) is 2.87. The molecule has 1 aromatic heterocycles. The van der Waals surface area contributed by atoms with Gasteiger partial charge < -0.3 is 0 Å². The fraction of sp³-hybridized carbons (Fsp3) is 0.571. The molecule has 0 N–H and O–H groups in total. The van der Waals surface area contributed by atoms with Crippen LogP contribution in [0.4, 0.5) is 0 Å². The molecular formula is C14H24S. The zero-order valence-electron chi connectivity index (χ0n) is 10.7. The summed E-state index contributed by atoms with van der Waals surface area (Å²) < 4.78 is 0. The molecule has 0 radical (unpaired) electrons. The van der Waals surface area contributed by atoms with Gasteiger partial charge in [0.2, 0.25) is 0 Å². The van der Waals surface area contributed by atoms with Gasteiger partial charge in [-0.25, -0.2) is 0 Å². The maximum absolute atomic E-state index is 2.26. The van der Waals surface area contributed by atoms with E-state index in [0.717, 1.165) is 0 Å². The minimum Gasteiger partial charge on any atom is -0.141 e. The monoisotopic (exact) mass is 224 g/mol. The summed E-state index contributed by atoms with van der Waals surface area (Å²) in [7, 11) is 0. The molecule has 0 unspecified atom stereocenters. The Hall–Kier alpha value is -0.560. The van der Waals surface area contributed by atoms with Crippen molar-refractivity contribution in [1.29, 1.82) is 0 Å². The maximum atomic E-state index is 2.26. The molecule has 1 heterocycles. The van der Waals surface area contributed by atoms with Crippen LogP contribution in [0.25, 0.3) is 6.08 Å². The highest BCUT2D eigenvalue weighted by atomic mass is 32.1. The van der Waals surface area contributed by atoms with Crippen LogP contribution in [0.1, 0.15) is 63.1 Å². The van der Waals surface area contributed by atoms with Crippen molar-refractivity contribution in [3.8, 4) is 0 Å². The highest BCUT2D eigenvalue weighted by molar-refractivity contribution is 7.13. The summed E-state index contributed by atoms with van der Waals surface area (Å²) in [6.45, 7) is 10.7. The lowest BCUT2D eigenvalue weighted by Crippen LogP contribution is -1.77. The van der Waals surface area contributed by atoms with Gasteiger partial charge in [0.15, 0.2) is 0 Å². The lowest BCUT2D eigenvalue weighted by molar-refractivity contribution is 0.890. The Kier molecular flexibility index (Phi) is 8.40. The fourth-order valence-corrected chi connectivity index (χ4v) is 2.08. The molecule has 0 bridgehead atoms. The van der Waals surface area contributed by atoms with E-state index in [-0.39, 0.29) is 0 Å². The number of hydrogen-bond donors (Lipinski definition) is 0. The lowest BCUT2D eigenvalue weighted by atomic mass is 10.2. The summed E-state index contributed by atoms with van der Waals surface area (Å²) >= 11 is 1.90. The van der Waals surface area contributed by atoms with E-state index in [1.165, 1.54) is 22.6 Å². The Morgan fingerprint density at radius 2 is 1.93 bits per heavy atom. The highest BCUT2D eigenvalue weighted by Crippen LogP contribution is 2.25. The minimum atomic E-state index is 0.665. The smallest absolute Gasteiger partial charge is 0.0270 e. The van der Waals surface area contributed by atoms with Crippen molar-refractivity contribution in [2.75, 3.05) is 0 Å². The Bertz CT molecular complexity index is 269. The third kappa shape index (κ3) is 5.78. The summed E-state index contributed by atoms with van der Waals surface area (Å²) in [5, 5.41) is 0. The van der Waals surface area contributed by atoms with E-state index < -0.39 is 0 Å². The molecule has 86 valence electrons. The third-order valence-electron chi connectivity index (χ3n) is 1.95. The second kappa shape index (κ2) is 8.72. The average Bonchev–Trinajstić information content (AvgIpc) is 2.70. The van der Waals surface area contributed by atoms with E-state index in [0.29, 0.717) is 5.92 Å². The van der Waals surface area contributed by atoms with Crippen molar-refractivity contribution in [1.82, 2.24) is 0 Å². The van der Waals surface area contributed by atoms with Crippen LogP contribution in [-0.2, 0) is 0 Å². The summed E-state index contributed by atoms with van der Waals surface area (Å²) in [5.74, 6) is 0.665. The van der Waals surface area contributed by atoms with Crippen molar-refractivity contribution >= 4 is 17.4 Å². The van der Waals surface area contributed by atoms with Crippen molar-refractivity contribution in [3.05, 3.63) is 28.0 Å². The predicted octanol–water partition coefficient (Wildman–Crippen LogP) is 5.71. The molecule has 0 aliphatic heterocycles. The first-order valence-corrected chi connectivity index (χ1v) is 6.82. The van der Waals surface area contributed by atoms with Gasteiger partial charge in [0.05, 0.1) is 0 Å². The first-order valence-electron chi connectivity index (χ1n) is 6.00. The molecule has 0 amide bonds. The van der Waals surface area contributed by atoms with Gasteiger partial charge in [-0.1, -0.05) is 47.1 Å². The van der Waals surface area contributed by atoms with Crippen molar-refractivity contribution < 1.29 is 0 Å². The second-order valence-electron chi connectivity index (χ2n) is 3.59. The Labute approximate surface area is 99.0 Å². The molecule has 0 nitrogen and oxygen atoms in total. The Balaban J connectivity index is 0.000000921. The first kappa shape index (κ1) is 14.4. The molecule has 1 aromatic rings. The van der Waals surface area contributed by atoms with E-state index >= 15 is 0 Å². The zero-order chi connectivity index (χ0) is 11.7. The van der Waals surface area contributed by atoms with Gasteiger partial charge in [-0.15, -0.1) is 11.3 Å². The topological polar surface area (TPSA) is 0 Å². The number of hydrogen-bond acceptors (Lipinski definition) is 1. The van der Waals surface area contributed by atoms with E-state index in [4.69, 9.17) is 0 Å². The lowest BCUT2D eigenvalue weighted by Gasteiger charge is -1.96. The van der Waals surface area contributed by atoms with Gasteiger partial charge in [0.1, 0.15) is 0 Å². The Morgan fingerprint density at radius 3 is 2.40 bits per heavy atom. The van der Waals surface area contributed by atoms with Gasteiger partial charge in [0, 0.05) is 9.75 Å². The highest BCUT2D eigenvalue weighted by Gasteiger charge is 2.00. The molecule has 0 aliphatic rings. The molecule has 15 heavy (non-hydrogen) atoms. The van der Waals surface area contributed by atoms with E-state index in [1.54, 1.807) is 0 Å². The predicted molar refractivity (Wildman–Crippen MR) is 73.7 cm³/mol. The molecule has 0 saturated carbocycles. The molecule has 0 aromatic carbocycles. The van der Waals surface area contributed by atoms with Crippen LogP contribution in [0.5, 0.6) is 0 Å².